The monoisotopic (exact) mass is 292 g/mol. The smallest absolute Gasteiger partial charge is 0.260 e. The maximum Gasteiger partial charge on any atom is 0.260 e. The fourth-order valence-electron chi connectivity index (χ4n) is 2.62. The number of para-hydroxylation sites is 2. The van der Waals surface area contributed by atoms with E-state index in [1.807, 2.05) is 24.3 Å². The number of pyridine rings is 1. The van der Waals surface area contributed by atoms with Crippen molar-refractivity contribution in [2.75, 3.05) is 16.8 Å². The van der Waals surface area contributed by atoms with Gasteiger partial charge < -0.3 is 9.72 Å². The van der Waals surface area contributed by atoms with E-state index in [1.165, 1.54) is 4.90 Å². The minimum Gasteiger partial charge on any atom is -0.323 e. The number of hydrogen-bond donors (Lipinski definition) is 1. The van der Waals surface area contributed by atoms with Crippen LogP contribution in [0.4, 0.5) is 11.4 Å². The van der Waals surface area contributed by atoms with E-state index in [9.17, 15) is 9.59 Å². The molecule has 0 aliphatic carbocycles. The zero-order valence-corrected chi connectivity index (χ0v) is 11.6. The molecule has 6 heteroatoms. The molecular weight excluding hydrogens is 280 g/mol. The van der Waals surface area contributed by atoms with Gasteiger partial charge in [0.25, 0.3) is 5.91 Å². The lowest BCUT2D eigenvalue weighted by Gasteiger charge is -2.29. The van der Waals surface area contributed by atoms with E-state index >= 15 is 0 Å². The molecule has 22 heavy (non-hydrogen) atoms. The highest BCUT2D eigenvalue weighted by atomic mass is 16.2. The van der Waals surface area contributed by atoms with Crippen LogP contribution in [0.5, 0.6) is 0 Å². The number of anilines is 2. The maximum atomic E-state index is 12.8. The zero-order valence-electron chi connectivity index (χ0n) is 11.6. The number of rotatable bonds is 1. The van der Waals surface area contributed by atoms with Gasteiger partial charge in [-0.2, -0.15) is 0 Å². The highest BCUT2D eigenvalue weighted by molar-refractivity contribution is 6.15. The summed E-state index contributed by atoms with van der Waals surface area (Å²) in [6, 6.07) is 10.8. The Hall–Kier alpha value is -3.15. The van der Waals surface area contributed by atoms with Crippen molar-refractivity contribution in [2.45, 2.75) is 0 Å². The van der Waals surface area contributed by atoms with E-state index in [4.69, 9.17) is 0 Å². The minimum atomic E-state index is -0.210. The number of imidazole rings is 1. The third kappa shape index (κ3) is 1.93. The van der Waals surface area contributed by atoms with Crippen molar-refractivity contribution >= 4 is 28.7 Å². The first kappa shape index (κ1) is 12.6. The highest BCUT2D eigenvalue weighted by Gasteiger charge is 2.27. The van der Waals surface area contributed by atoms with Crippen LogP contribution < -0.4 is 10.2 Å². The van der Waals surface area contributed by atoms with E-state index in [1.54, 1.807) is 35.3 Å². The first-order valence-electron chi connectivity index (χ1n) is 6.85. The van der Waals surface area contributed by atoms with Crippen LogP contribution in [0, 0.1) is 0 Å². The summed E-state index contributed by atoms with van der Waals surface area (Å²) < 4.78 is 1.78. The van der Waals surface area contributed by atoms with E-state index in [0.717, 1.165) is 5.52 Å². The van der Waals surface area contributed by atoms with Crippen molar-refractivity contribution in [1.82, 2.24) is 9.38 Å². The molecule has 108 valence electrons. The van der Waals surface area contributed by atoms with Crippen molar-refractivity contribution in [3.8, 4) is 0 Å². The van der Waals surface area contributed by atoms with Crippen LogP contribution in [0.3, 0.4) is 0 Å². The summed E-state index contributed by atoms with van der Waals surface area (Å²) in [5, 5.41) is 2.77. The molecule has 0 bridgehead atoms. The molecule has 0 saturated heterocycles. The molecule has 0 saturated carbocycles. The van der Waals surface area contributed by atoms with Gasteiger partial charge in [-0.15, -0.1) is 0 Å². The maximum absolute atomic E-state index is 12.8. The molecule has 3 heterocycles. The van der Waals surface area contributed by atoms with Gasteiger partial charge in [0.05, 0.1) is 35.0 Å². The number of amides is 2. The molecule has 0 radical (unpaired) electrons. The quantitative estimate of drug-likeness (QED) is 0.745. The van der Waals surface area contributed by atoms with Crippen LogP contribution in [0.15, 0.2) is 55.1 Å². The summed E-state index contributed by atoms with van der Waals surface area (Å²) in [6.45, 7) is 0.0117. The van der Waals surface area contributed by atoms with Crippen molar-refractivity contribution in [3.05, 3.63) is 60.7 Å². The molecule has 2 amide bonds. The summed E-state index contributed by atoms with van der Waals surface area (Å²) in [6.07, 6.45) is 5.08. The van der Waals surface area contributed by atoms with Crippen LogP contribution in [-0.2, 0) is 4.79 Å². The summed E-state index contributed by atoms with van der Waals surface area (Å²) in [5.41, 5.74) is 2.77. The zero-order chi connectivity index (χ0) is 15.1. The number of aromatic nitrogens is 2. The standard InChI is InChI=1S/C16H12N4O2/c21-15-9-20(14-4-2-1-3-13(14)18-15)16(22)11-5-6-12-7-17-10-19(12)8-11/h1-8,10H,9H2,(H,18,21). The molecule has 0 unspecified atom stereocenters. The number of benzene rings is 1. The average molecular weight is 292 g/mol. The minimum absolute atomic E-state index is 0.0117. The van der Waals surface area contributed by atoms with Crippen LogP contribution >= 0.6 is 0 Å². The molecule has 0 spiro atoms. The summed E-state index contributed by atoms with van der Waals surface area (Å²) in [5.74, 6) is -0.409. The van der Waals surface area contributed by atoms with Crippen molar-refractivity contribution < 1.29 is 9.59 Å². The second kappa shape index (κ2) is 4.70. The topological polar surface area (TPSA) is 66.7 Å². The number of hydrogen-bond acceptors (Lipinski definition) is 3. The molecule has 1 aromatic carbocycles. The third-order valence-electron chi connectivity index (χ3n) is 3.67. The molecule has 6 nitrogen and oxygen atoms in total. The second-order valence-electron chi connectivity index (χ2n) is 5.10. The largest absolute Gasteiger partial charge is 0.323 e. The van der Waals surface area contributed by atoms with Crippen LogP contribution in [0.25, 0.3) is 5.52 Å². The number of nitrogens with one attached hydrogen (secondary N) is 1. The highest BCUT2D eigenvalue weighted by Crippen LogP contribution is 2.30. The summed E-state index contributed by atoms with van der Waals surface area (Å²) >= 11 is 0. The number of fused-ring (bicyclic) bond motifs is 2. The Balaban J connectivity index is 1.77. The van der Waals surface area contributed by atoms with E-state index in [2.05, 4.69) is 10.3 Å². The Bertz CT molecular complexity index is 900. The van der Waals surface area contributed by atoms with Gasteiger partial charge in [-0.1, -0.05) is 12.1 Å². The van der Waals surface area contributed by atoms with Crippen molar-refractivity contribution in [1.29, 1.82) is 0 Å². The Labute approximate surface area is 126 Å². The average Bonchev–Trinajstić information content (AvgIpc) is 3.00. The molecular formula is C16H12N4O2. The number of carbonyl (C=O) groups excluding carboxylic acids is 2. The molecule has 2 aromatic heterocycles. The normalized spacial score (nSPS) is 13.8. The van der Waals surface area contributed by atoms with Crippen molar-refractivity contribution in [2.24, 2.45) is 0 Å². The molecule has 4 rings (SSSR count). The number of carbonyl (C=O) groups is 2. The van der Waals surface area contributed by atoms with Gasteiger partial charge in [-0.3, -0.25) is 14.5 Å². The van der Waals surface area contributed by atoms with Crippen LogP contribution in [0.1, 0.15) is 10.4 Å². The lowest BCUT2D eigenvalue weighted by Crippen LogP contribution is -2.42. The van der Waals surface area contributed by atoms with Gasteiger partial charge in [0.2, 0.25) is 5.91 Å². The lowest BCUT2D eigenvalue weighted by molar-refractivity contribution is -0.115. The predicted octanol–water partition coefficient (Wildman–Crippen LogP) is 1.93. The molecule has 3 aromatic rings. The van der Waals surface area contributed by atoms with E-state index in [0.29, 0.717) is 16.9 Å². The fraction of sp³-hybridized carbons (Fsp3) is 0.0625. The van der Waals surface area contributed by atoms with Crippen LogP contribution in [0.2, 0.25) is 0 Å². The van der Waals surface area contributed by atoms with Gasteiger partial charge in [-0.25, -0.2) is 4.98 Å². The SMILES string of the molecule is O=C1CN(C(=O)c2ccc3cncn3c2)c2ccccc2N1. The number of nitrogens with zero attached hydrogens (tertiary/aromatic N) is 3. The molecule has 0 atom stereocenters. The lowest BCUT2D eigenvalue weighted by atomic mass is 10.1. The van der Waals surface area contributed by atoms with Gasteiger partial charge in [0.15, 0.2) is 0 Å². The third-order valence-corrected chi connectivity index (χ3v) is 3.67. The van der Waals surface area contributed by atoms with Gasteiger partial charge in [0, 0.05) is 6.20 Å². The summed E-state index contributed by atoms with van der Waals surface area (Å²) in [4.78, 5) is 30.1. The van der Waals surface area contributed by atoms with Crippen LogP contribution in [-0.4, -0.2) is 27.7 Å². The Morgan fingerprint density at radius 2 is 2.05 bits per heavy atom. The van der Waals surface area contributed by atoms with E-state index in [-0.39, 0.29) is 18.4 Å². The fourth-order valence-corrected chi connectivity index (χ4v) is 2.62. The van der Waals surface area contributed by atoms with Gasteiger partial charge >= 0.3 is 0 Å². The Morgan fingerprint density at radius 3 is 2.95 bits per heavy atom. The van der Waals surface area contributed by atoms with Gasteiger partial charge in [0.1, 0.15) is 6.54 Å². The first-order chi connectivity index (χ1) is 10.7. The molecule has 0 fully saturated rings. The Morgan fingerprint density at radius 1 is 1.18 bits per heavy atom. The summed E-state index contributed by atoms with van der Waals surface area (Å²) in [7, 11) is 0. The molecule has 1 aliphatic heterocycles. The predicted molar refractivity (Wildman–Crippen MR) is 81.9 cm³/mol. The first-order valence-corrected chi connectivity index (χ1v) is 6.85. The Kier molecular flexibility index (Phi) is 2.69. The second-order valence-corrected chi connectivity index (χ2v) is 5.10. The molecule has 1 N–H and O–H groups in total. The van der Waals surface area contributed by atoms with Crippen molar-refractivity contribution in [3.63, 3.8) is 0 Å². The molecule has 1 aliphatic rings. The van der Waals surface area contributed by atoms with Gasteiger partial charge in [-0.05, 0) is 24.3 Å². The van der Waals surface area contributed by atoms with E-state index < -0.39 is 0 Å².